The van der Waals surface area contributed by atoms with Gasteiger partial charge in [-0.05, 0) is 83.4 Å². The van der Waals surface area contributed by atoms with Crippen LogP contribution < -0.4 is 11.5 Å². The molecule has 2 aliphatic heterocycles. The summed E-state index contributed by atoms with van der Waals surface area (Å²) in [4.78, 5) is 13.8. The minimum absolute atomic E-state index is 0.171. The lowest BCUT2D eigenvalue weighted by molar-refractivity contribution is 0.126. The van der Waals surface area contributed by atoms with Gasteiger partial charge < -0.3 is 21.3 Å². The van der Waals surface area contributed by atoms with Crippen LogP contribution in [0.3, 0.4) is 0 Å². The van der Waals surface area contributed by atoms with E-state index in [-0.39, 0.29) is 11.9 Å². The van der Waals surface area contributed by atoms with Gasteiger partial charge in [0.1, 0.15) is 0 Å². The van der Waals surface area contributed by atoms with Gasteiger partial charge in [-0.25, -0.2) is 0 Å². The zero-order valence-corrected chi connectivity index (χ0v) is 15.9. The van der Waals surface area contributed by atoms with E-state index >= 15 is 0 Å². The van der Waals surface area contributed by atoms with E-state index in [4.69, 9.17) is 11.5 Å². The fraction of sp³-hybridized carbons (Fsp3) is 0.632. The molecule has 0 radical (unpaired) electrons. The third-order valence-electron chi connectivity index (χ3n) is 5.82. The van der Waals surface area contributed by atoms with Crippen molar-refractivity contribution in [3.63, 3.8) is 0 Å². The van der Waals surface area contributed by atoms with Gasteiger partial charge in [0.2, 0.25) is 11.9 Å². The monoisotopic (exact) mass is 370 g/mol. The van der Waals surface area contributed by atoms with E-state index in [2.05, 4.69) is 24.9 Å². The molecule has 4 heterocycles. The van der Waals surface area contributed by atoms with E-state index in [0.717, 1.165) is 36.8 Å². The molecular weight excluding hydrogens is 340 g/mol. The van der Waals surface area contributed by atoms with Crippen LogP contribution >= 0.6 is 0 Å². The number of aryl methyl sites for hydroxylation is 1. The molecular formula is C19H30N8. The Morgan fingerprint density at radius 2 is 1.81 bits per heavy atom. The van der Waals surface area contributed by atoms with Gasteiger partial charge in [0.15, 0.2) is 0 Å². The quantitative estimate of drug-likeness (QED) is 0.790. The van der Waals surface area contributed by atoms with Crippen molar-refractivity contribution in [2.24, 2.45) is 0 Å². The summed E-state index contributed by atoms with van der Waals surface area (Å²) in [7, 11) is 0. The summed E-state index contributed by atoms with van der Waals surface area (Å²) < 4.78 is 1.51. The van der Waals surface area contributed by atoms with Gasteiger partial charge in [0.25, 0.3) is 0 Å². The van der Waals surface area contributed by atoms with Crippen LogP contribution in [0.25, 0.3) is 5.69 Å². The van der Waals surface area contributed by atoms with E-state index in [1.807, 2.05) is 12.1 Å². The molecule has 0 amide bonds. The predicted molar refractivity (Wildman–Crippen MR) is 107 cm³/mol. The van der Waals surface area contributed by atoms with Crippen LogP contribution in [-0.4, -0.2) is 68.3 Å². The van der Waals surface area contributed by atoms with Gasteiger partial charge in [-0.15, -0.1) is 5.10 Å². The molecule has 8 nitrogen and oxygen atoms in total. The lowest BCUT2D eigenvalue weighted by Gasteiger charge is -2.36. The maximum atomic E-state index is 5.80. The first-order valence-electron chi connectivity index (χ1n) is 10.1. The minimum Gasteiger partial charge on any atom is -0.368 e. The van der Waals surface area contributed by atoms with Gasteiger partial charge >= 0.3 is 0 Å². The van der Waals surface area contributed by atoms with Crippen LogP contribution in [0.4, 0.5) is 11.9 Å². The number of nitrogen functional groups attached to an aromatic ring is 2. The number of likely N-dealkylation sites (tertiary alicyclic amines) is 2. The summed E-state index contributed by atoms with van der Waals surface area (Å²) in [6, 6.07) is 4.83. The molecule has 2 aromatic heterocycles. The average Bonchev–Trinajstić information content (AvgIpc) is 3.33. The molecule has 4 rings (SSSR count). The number of hydrogen-bond acceptors (Lipinski definition) is 7. The number of aromatic nitrogens is 4. The summed E-state index contributed by atoms with van der Waals surface area (Å²) in [6.07, 6.45) is 9.35. The van der Waals surface area contributed by atoms with Crippen LogP contribution in [-0.2, 0) is 6.42 Å². The molecule has 27 heavy (non-hydrogen) atoms. The van der Waals surface area contributed by atoms with Gasteiger partial charge in [-0.2, -0.15) is 9.67 Å². The van der Waals surface area contributed by atoms with Crippen LogP contribution in [0.5, 0.6) is 0 Å². The Labute approximate surface area is 160 Å². The second kappa shape index (κ2) is 8.22. The van der Waals surface area contributed by atoms with Crippen molar-refractivity contribution >= 4 is 11.9 Å². The summed E-state index contributed by atoms with van der Waals surface area (Å²) >= 11 is 0. The first kappa shape index (κ1) is 18.2. The number of piperidine rings is 1. The van der Waals surface area contributed by atoms with Crippen molar-refractivity contribution < 1.29 is 0 Å². The largest absolute Gasteiger partial charge is 0.368 e. The van der Waals surface area contributed by atoms with Gasteiger partial charge in [0.05, 0.1) is 11.9 Å². The molecule has 0 atom stereocenters. The molecule has 146 valence electrons. The average molecular weight is 371 g/mol. The van der Waals surface area contributed by atoms with E-state index in [1.54, 1.807) is 6.20 Å². The fourth-order valence-corrected chi connectivity index (χ4v) is 4.32. The highest BCUT2D eigenvalue weighted by atomic mass is 15.4. The first-order chi connectivity index (χ1) is 13.2. The summed E-state index contributed by atoms with van der Waals surface area (Å²) in [6.45, 7) is 6.27. The Balaban J connectivity index is 1.21. The molecule has 0 bridgehead atoms. The topological polar surface area (TPSA) is 102 Å². The second-order valence-corrected chi connectivity index (χ2v) is 7.67. The minimum atomic E-state index is 0.171. The van der Waals surface area contributed by atoms with E-state index < -0.39 is 0 Å². The molecule has 0 aromatic carbocycles. The standard InChI is InChI=1S/C19H30N8/c20-18-23-19(21)27(24-18)17-6-5-15(22-14-17)4-3-9-25-12-7-16(8-13-25)26-10-1-2-11-26/h5-6,14,16H,1-4,7-13H2,(H4,20,21,23,24). The molecule has 4 N–H and O–H groups in total. The lowest BCUT2D eigenvalue weighted by atomic mass is 10.0. The normalized spacial score (nSPS) is 19.7. The van der Waals surface area contributed by atoms with E-state index in [9.17, 15) is 0 Å². The summed E-state index contributed by atoms with van der Waals surface area (Å²) in [5.74, 6) is 0.449. The Morgan fingerprint density at radius 1 is 1.04 bits per heavy atom. The number of pyridine rings is 1. The summed E-state index contributed by atoms with van der Waals surface area (Å²) in [5.41, 5.74) is 13.2. The molecule has 2 saturated heterocycles. The number of nitrogens with zero attached hydrogens (tertiary/aromatic N) is 6. The van der Waals surface area contributed by atoms with Gasteiger partial charge in [-0.3, -0.25) is 4.98 Å². The molecule has 0 unspecified atom stereocenters. The third kappa shape index (κ3) is 4.39. The Morgan fingerprint density at radius 3 is 2.44 bits per heavy atom. The zero-order valence-electron chi connectivity index (χ0n) is 15.9. The molecule has 2 fully saturated rings. The second-order valence-electron chi connectivity index (χ2n) is 7.67. The molecule has 0 aliphatic carbocycles. The molecule has 0 saturated carbocycles. The summed E-state index contributed by atoms with van der Waals surface area (Å²) in [5, 5.41) is 4.08. The van der Waals surface area contributed by atoms with E-state index in [0.29, 0.717) is 0 Å². The smallest absolute Gasteiger partial charge is 0.241 e. The van der Waals surface area contributed by atoms with Gasteiger partial charge in [0, 0.05) is 11.7 Å². The highest BCUT2D eigenvalue weighted by Gasteiger charge is 2.25. The lowest BCUT2D eigenvalue weighted by Crippen LogP contribution is -2.44. The number of anilines is 2. The van der Waals surface area contributed by atoms with Crippen molar-refractivity contribution in [2.75, 3.05) is 44.2 Å². The maximum absolute atomic E-state index is 5.80. The third-order valence-corrected chi connectivity index (χ3v) is 5.82. The Hall–Kier alpha value is -2.19. The van der Waals surface area contributed by atoms with Crippen LogP contribution in [0.15, 0.2) is 18.3 Å². The Bertz CT molecular complexity index is 727. The predicted octanol–water partition coefficient (Wildman–Crippen LogP) is 1.32. The van der Waals surface area contributed by atoms with E-state index in [1.165, 1.54) is 56.5 Å². The van der Waals surface area contributed by atoms with Crippen molar-refractivity contribution in [1.29, 1.82) is 0 Å². The molecule has 8 heteroatoms. The highest BCUT2D eigenvalue weighted by molar-refractivity contribution is 5.39. The van der Waals surface area contributed by atoms with Gasteiger partial charge in [-0.1, -0.05) is 0 Å². The van der Waals surface area contributed by atoms with Crippen molar-refractivity contribution in [3.8, 4) is 5.69 Å². The van der Waals surface area contributed by atoms with Crippen molar-refractivity contribution in [1.82, 2.24) is 29.5 Å². The molecule has 2 aromatic rings. The molecule has 0 spiro atoms. The van der Waals surface area contributed by atoms with Crippen LogP contribution in [0.2, 0.25) is 0 Å². The first-order valence-corrected chi connectivity index (χ1v) is 10.1. The maximum Gasteiger partial charge on any atom is 0.241 e. The van der Waals surface area contributed by atoms with Crippen LogP contribution in [0, 0.1) is 0 Å². The van der Waals surface area contributed by atoms with Crippen molar-refractivity contribution in [3.05, 3.63) is 24.0 Å². The van der Waals surface area contributed by atoms with Crippen molar-refractivity contribution in [2.45, 2.75) is 44.6 Å². The highest BCUT2D eigenvalue weighted by Crippen LogP contribution is 2.21. The Kier molecular flexibility index (Phi) is 5.54. The zero-order chi connectivity index (χ0) is 18.6. The number of rotatable bonds is 6. The van der Waals surface area contributed by atoms with Crippen LogP contribution in [0.1, 0.15) is 37.8 Å². The number of hydrogen-bond donors (Lipinski definition) is 2. The SMILES string of the molecule is Nc1nc(N)n(-c2ccc(CCCN3CCC(N4CCCC4)CC3)nc2)n1. The fourth-order valence-electron chi connectivity index (χ4n) is 4.32. The molecule has 2 aliphatic rings. The number of nitrogens with two attached hydrogens (primary N) is 2.